The van der Waals surface area contributed by atoms with E-state index in [1.54, 1.807) is 19.9 Å². The molecule has 1 saturated carbocycles. The summed E-state index contributed by atoms with van der Waals surface area (Å²) in [5, 5.41) is -0.00871. The van der Waals surface area contributed by atoms with Crippen LogP contribution in [0.2, 0.25) is 0 Å². The molecule has 1 aliphatic carbocycles. The number of pyridine rings is 1. The molecule has 2 aromatic rings. The number of ether oxygens (including phenoxy) is 3. The van der Waals surface area contributed by atoms with E-state index in [4.69, 9.17) is 14.2 Å². The van der Waals surface area contributed by atoms with Crippen molar-refractivity contribution in [2.24, 2.45) is 0 Å². The lowest BCUT2D eigenvalue weighted by Gasteiger charge is -2.25. The number of aromatic nitrogens is 1. The van der Waals surface area contributed by atoms with E-state index < -0.39 is 38.8 Å². The Hall–Kier alpha value is -2.44. The van der Waals surface area contributed by atoms with Crippen LogP contribution in [-0.4, -0.2) is 44.7 Å². The van der Waals surface area contributed by atoms with Crippen LogP contribution in [0.4, 0.5) is 13.2 Å². The van der Waals surface area contributed by atoms with Crippen molar-refractivity contribution in [3.05, 3.63) is 35.0 Å². The highest BCUT2D eigenvalue weighted by Gasteiger charge is 2.49. The fraction of sp³-hybridized carbons (Fsp3) is 0.500. The van der Waals surface area contributed by atoms with Crippen LogP contribution >= 0.6 is 0 Å². The molecule has 0 N–H and O–H groups in total. The standard InChI is InChI=1S/C20H20F3NO7S/c1-3-28-18(25)15-10-16(31-32(26,27)20(21,22)23)13-8-12(11-4-5-11)9-14(17(13)24-15)19(2)29-6-7-30-19/h8-11H,3-7H2,1-2H3. The Morgan fingerprint density at radius 1 is 1.22 bits per heavy atom. The molecular weight excluding hydrogens is 455 g/mol. The van der Waals surface area contributed by atoms with Crippen molar-refractivity contribution in [2.75, 3.05) is 19.8 Å². The lowest BCUT2D eigenvalue weighted by molar-refractivity contribution is -0.148. The lowest BCUT2D eigenvalue weighted by Crippen LogP contribution is -2.28. The molecule has 0 radical (unpaired) electrons. The summed E-state index contributed by atoms with van der Waals surface area (Å²) < 4.78 is 83.5. The van der Waals surface area contributed by atoms with E-state index in [9.17, 15) is 26.4 Å². The average molecular weight is 475 g/mol. The van der Waals surface area contributed by atoms with Crippen molar-refractivity contribution in [1.29, 1.82) is 0 Å². The largest absolute Gasteiger partial charge is 0.534 e. The van der Waals surface area contributed by atoms with E-state index in [0.717, 1.165) is 24.5 Å². The van der Waals surface area contributed by atoms with Gasteiger partial charge in [0.1, 0.15) is 0 Å². The van der Waals surface area contributed by atoms with Gasteiger partial charge in [0.15, 0.2) is 17.2 Å². The van der Waals surface area contributed by atoms with Crippen molar-refractivity contribution >= 4 is 27.0 Å². The number of nitrogens with zero attached hydrogens (tertiary/aromatic N) is 1. The van der Waals surface area contributed by atoms with Gasteiger partial charge in [-0.25, -0.2) is 9.78 Å². The molecule has 2 aliphatic rings. The van der Waals surface area contributed by atoms with Gasteiger partial charge in [-0.2, -0.15) is 21.6 Å². The van der Waals surface area contributed by atoms with Crippen LogP contribution in [-0.2, 0) is 30.1 Å². The smallest absolute Gasteiger partial charge is 0.461 e. The molecule has 4 rings (SSSR count). The number of benzene rings is 1. The highest BCUT2D eigenvalue weighted by Crippen LogP contribution is 2.46. The fourth-order valence-electron chi connectivity index (χ4n) is 3.53. The first-order valence-electron chi connectivity index (χ1n) is 9.90. The van der Waals surface area contributed by atoms with E-state index in [1.165, 1.54) is 6.07 Å². The molecule has 1 aromatic heterocycles. The zero-order valence-electron chi connectivity index (χ0n) is 17.2. The van der Waals surface area contributed by atoms with Gasteiger partial charge < -0.3 is 18.4 Å². The number of halogens is 3. The number of rotatable bonds is 6. The Kier molecular flexibility index (Phi) is 5.58. The zero-order valence-corrected chi connectivity index (χ0v) is 18.0. The van der Waals surface area contributed by atoms with Gasteiger partial charge in [0, 0.05) is 17.0 Å². The zero-order chi connectivity index (χ0) is 23.3. The van der Waals surface area contributed by atoms with E-state index in [1.807, 2.05) is 0 Å². The molecule has 0 atom stereocenters. The Balaban J connectivity index is 1.99. The maximum Gasteiger partial charge on any atom is 0.534 e. The first-order chi connectivity index (χ1) is 14.9. The van der Waals surface area contributed by atoms with Crippen LogP contribution in [0.15, 0.2) is 18.2 Å². The summed E-state index contributed by atoms with van der Waals surface area (Å²) in [6.07, 6.45) is 1.74. The minimum absolute atomic E-state index is 0.00871. The summed E-state index contributed by atoms with van der Waals surface area (Å²) in [5.41, 5.74) is -4.93. The summed E-state index contributed by atoms with van der Waals surface area (Å²) in [7, 11) is -6.00. The molecule has 12 heteroatoms. The molecule has 0 bridgehead atoms. The number of hydrogen-bond acceptors (Lipinski definition) is 8. The van der Waals surface area contributed by atoms with Gasteiger partial charge in [0.05, 0.1) is 25.3 Å². The van der Waals surface area contributed by atoms with Gasteiger partial charge in [0.25, 0.3) is 0 Å². The normalized spacial score (nSPS) is 18.7. The second-order valence-electron chi connectivity index (χ2n) is 7.59. The highest BCUT2D eigenvalue weighted by molar-refractivity contribution is 7.88. The molecular formula is C20H20F3NO7S. The van der Waals surface area contributed by atoms with Crippen LogP contribution in [0.25, 0.3) is 10.9 Å². The summed E-state index contributed by atoms with van der Waals surface area (Å²) in [6, 6.07) is 4.12. The van der Waals surface area contributed by atoms with Crippen LogP contribution in [0.1, 0.15) is 54.2 Å². The molecule has 1 saturated heterocycles. The quantitative estimate of drug-likeness (QED) is 0.354. The topological polar surface area (TPSA) is 101 Å². The third-order valence-corrected chi connectivity index (χ3v) is 6.21. The first kappa shape index (κ1) is 22.7. The molecule has 174 valence electrons. The summed E-state index contributed by atoms with van der Waals surface area (Å²) >= 11 is 0. The summed E-state index contributed by atoms with van der Waals surface area (Å²) in [6.45, 7) is 3.69. The lowest BCUT2D eigenvalue weighted by atomic mass is 9.96. The molecule has 2 heterocycles. The van der Waals surface area contributed by atoms with Gasteiger partial charge >= 0.3 is 21.6 Å². The van der Waals surface area contributed by atoms with E-state index in [2.05, 4.69) is 9.17 Å². The molecule has 1 aliphatic heterocycles. The molecule has 0 unspecified atom stereocenters. The minimum atomic E-state index is -6.00. The van der Waals surface area contributed by atoms with Gasteiger partial charge in [-0.1, -0.05) is 0 Å². The highest BCUT2D eigenvalue weighted by atomic mass is 32.2. The van der Waals surface area contributed by atoms with Gasteiger partial charge in [-0.05, 0) is 50.3 Å². The monoisotopic (exact) mass is 475 g/mol. The summed E-state index contributed by atoms with van der Waals surface area (Å²) in [5.74, 6) is -2.76. The van der Waals surface area contributed by atoms with Crippen LogP contribution in [0.3, 0.4) is 0 Å². The number of alkyl halides is 3. The van der Waals surface area contributed by atoms with Crippen molar-refractivity contribution in [3.63, 3.8) is 0 Å². The maximum atomic E-state index is 13.0. The number of fused-ring (bicyclic) bond motifs is 1. The number of carbonyl (C=O) groups is 1. The van der Waals surface area contributed by atoms with E-state index >= 15 is 0 Å². The predicted octanol–water partition coefficient (Wildman–Crippen LogP) is 3.74. The maximum absolute atomic E-state index is 13.0. The van der Waals surface area contributed by atoms with Crippen LogP contribution < -0.4 is 4.18 Å². The number of esters is 1. The van der Waals surface area contributed by atoms with Crippen molar-refractivity contribution < 1.29 is 44.8 Å². The Labute approximate surface area is 181 Å². The van der Waals surface area contributed by atoms with Crippen LogP contribution in [0, 0.1) is 0 Å². The fourth-order valence-corrected chi connectivity index (χ4v) is 4.00. The molecule has 1 aromatic carbocycles. The van der Waals surface area contributed by atoms with Crippen molar-refractivity contribution in [1.82, 2.24) is 4.98 Å². The third kappa shape index (κ3) is 4.14. The summed E-state index contributed by atoms with van der Waals surface area (Å²) in [4.78, 5) is 16.6. The Morgan fingerprint density at radius 2 is 1.88 bits per heavy atom. The second kappa shape index (κ2) is 7.85. The first-order valence-corrected chi connectivity index (χ1v) is 11.3. The van der Waals surface area contributed by atoms with E-state index in [-0.39, 0.29) is 36.6 Å². The van der Waals surface area contributed by atoms with E-state index in [0.29, 0.717) is 5.56 Å². The molecule has 8 nitrogen and oxygen atoms in total. The molecule has 2 fully saturated rings. The second-order valence-corrected chi connectivity index (χ2v) is 9.13. The predicted molar refractivity (Wildman–Crippen MR) is 105 cm³/mol. The Bertz CT molecular complexity index is 1170. The van der Waals surface area contributed by atoms with Crippen molar-refractivity contribution in [2.45, 2.75) is 43.9 Å². The molecule has 0 spiro atoms. The Morgan fingerprint density at radius 3 is 2.44 bits per heavy atom. The molecule has 0 amide bonds. The number of hydrogen-bond donors (Lipinski definition) is 0. The van der Waals surface area contributed by atoms with Gasteiger partial charge in [-0.3, -0.25) is 0 Å². The van der Waals surface area contributed by atoms with Crippen LogP contribution in [0.5, 0.6) is 5.75 Å². The van der Waals surface area contributed by atoms with Gasteiger partial charge in [-0.15, -0.1) is 0 Å². The third-order valence-electron chi connectivity index (χ3n) is 5.24. The SMILES string of the molecule is CCOC(=O)c1cc(OS(=O)(=O)C(F)(F)F)c2cc(C3CC3)cc(C3(C)OCCO3)c2n1. The molecule has 32 heavy (non-hydrogen) atoms. The van der Waals surface area contributed by atoms with Crippen molar-refractivity contribution in [3.8, 4) is 5.75 Å². The minimum Gasteiger partial charge on any atom is -0.461 e. The van der Waals surface area contributed by atoms with Gasteiger partial charge in [0.2, 0.25) is 0 Å². The average Bonchev–Trinajstić information content (AvgIpc) is 3.47. The number of carbonyl (C=O) groups excluding carboxylic acids is 1.